The molecule has 2 aromatic rings. The Labute approximate surface area is 158 Å². The van der Waals surface area contributed by atoms with Gasteiger partial charge < -0.3 is 19.7 Å². The number of pyridine rings is 1. The summed E-state index contributed by atoms with van der Waals surface area (Å²) < 4.78 is 10.6. The molecule has 3 rings (SSSR count). The lowest BCUT2D eigenvalue weighted by molar-refractivity contribution is -0.126. The Morgan fingerprint density at radius 3 is 2.81 bits per heavy atom. The molecule has 2 heterocycles. The van der Waals surface area contributed by atoms with Gasteiger partial charge in [0.05, 0.1) is 25.8 Å². The third-order valence-corrected chi connectivity index (χ3v) is 4.58. The van der Waals surface area contributed by atoms with E-state index in [1.807, 2.05) is 18.2 Å². The summed E-state index contributed by atoms with van der Waals surface area (Å²) in [5.41, 5.74) is 1.57. The predicted octanol–water partition coefficient (Wildman–Crippen LogP) is 1.81. The first-order valence-electron chi connectivity index (χ1n) is 8.82. The number of carbonyl (C=O) groups is 2. The zero-order chi connectivity index (χ0) is 19.2. The van der Waals surface area contributed by atoms with E-state index in [0.29, 0.717) is 36.7 Å². The van der Waals surface area contributed by atoms with Gasteiger partial charge in [-0.2, -0.15) is 0 Å². The van der Waals surface area contributed by atoms with Gasteiger partial charge in [0.1, 0.15) is 11.5 Å². The Morgan fingerprint density at radius 1 is 1.26 bits per heavy atom. The van der Waals surface area contributed by atoms with Crippen LogP contribution in [0.5, 0.6) is 11.5 Å². The smallest absolute Gasteiger partial charge is 0.227 e. The Bertz CT molecular complexity index is 810. The summed E-state index contributed by atoms with van der Waals surface area (Å²) in [5.74, 6) is 0.593. The van der Waals surface area contributed by atoms with E-state index in [1.165, 1.54) is 0 Å². The molecule has 27 heavy (non-hydrogen) atoms. The maximum atomic E-state index is 12.5. The number of methoxy groups -OCH3 is 2. The number of nitrogens with one attached hydrogen (secondary N) is 1. The van der Waals surface area contributed by atoms with Crippen molar-refractivity contribution < 1.29 is 19.1 Å². The van der Waals surface area contributed by atoms with Crippen LogP contribution in [0.2, 0.25) is 0 Å². The molecule has 1 aromatic carbocycles. The maximum Gasteiger partial charge on any atom is 0.227 e. The zero-order valence-corrected chi connectivity index (χ0v) is 15.5. The number of aromatic nitrogens is 1. The molecular weight excluding hydrogens is 346 g/mol. The van der Waals surface area contributed by atoms with Crippen molar-refractivity contribution in [3.63, 3.8) is 0 Å². The van der Waals surface area contributed by atoms with Crippen LogP contribution in [0, 0.1) is 5.92 Å². The van der Waals surface area contributed by atoms with Crippen LogP contribution in [0.15, 0.2) is 42.6 Å². The van der Waals surface area contributed by atoms with Crippen molar-refractivity contribution in [3.8, 4) is 11.5 Å². The third-order valence-electron chi connectivity index (χ3n) is 4.58. The molecule has 0 bridgehead atoms. The van der Waals surface area contributed by atoms with E-state index in [2.05, 4.69) is 10.3 Å². The standard InChI is InChI=1S/C20H23N3O4/c1-26-16-6-7-17(18(12-16)27-2)23-13-14(11-19(23)24)20(25)22-10-8-15-5-3-4-9-21-15/h3-7,9,12,14H,8,10-11,13H2,1-2H3,(H,22,25)/t14-/m0/s1. The first-order chi connectivity index (χ1) is 13.1. The number of carbonyl (C=O) groups excluding carboxylic acids is 2. The van der Waals surface area contributed by atoms with Crippen LogP contribution in [-0.4, -0.2) is 44.1 Å². The third kappa shape index (κ3) is 4.36. The number of rotatable bonds is 7. The average molecular weight is 369 g/mol. The maximum absolute atomic E-state index is 12.5. The van der Waals surface area contributed by atoms with E-state index in [9.17, 15) is 9.59 Å². The van der Waals surface area contributed by atoms with Crippen LogP contribution in [-0.2, 0) is 16.0 Å². The fraction of sp³-hybridized carbons (Fsp3) is 0.350. The Hall–Kier alpha value is -3.09. The van der Waals surface area contributed by atoms with E-state index in [-0.39, 0.29) is 24.2 Å². The van der Waals surface area contributed by atoms with Crippen molar-refractivity contribution in [1.82, 2.24) is 10.3 Å². The SMILES string of the molecule is COc1ccc(N2C[C@@H](C(=O)NCCc3ccccn3)CC2=O)c(OC)c1. The highest BCUT2D eigenvalue weighted by Gasteiger charge is 2.36. The lowest BCUT2D eigenvalue weighted by Crippen LogP contribution is -2.34. The largest absolute Gasteiger partial charge is 0.497 e. The zero-order valence-electron chi connectivity index (χ0n) is 15.5. The fourth-order valence-electron chi connectivity index (χ4n) is 3.13. The minimum absolute atomic E-state index is 0.0941. The molecule has 0 unspecified atom stereocenters. The molecule has 1 aromatic heterocycles. The lowest BCUT2D eigenvalue weighted by atomic mass is 10.1. The molecular formula is C20H23N3O4. The molecule has 0 radical (unpaired) electrons. The second-order valence-corrected chi connectivity index (χ2v) is 6.31. The van der Waals surface area contributed by atoms with Gasteiger partial charge in [-0.15, -0.1) is 0 Å². The van der Waals surface area contributed by atoms with Crippen molar-refractivity contribution >= 4 is 17.5 Å². The van der Waals surface area contributed by atoms with E-state index in [0.717, 1.165) is 5.69 Å². The molecule has 1 atom stereocenters. The molecule has 7 nitrogen and oxygen atoms in total. The van der Waals surface area contributed by atoms with Crippen LogP contribution in [0.4, 0.5) is 5.69 Å². The molecule has 0 spiro atoms. The number of hydrogen-bond acceptors (Lipinski definition) is 5. The quantitative estimate of drug-likeness (QED) is 0.805. The molecule has 1 saturated heterocycles. The molecule has 7 heteroatoms. The van der Waals surface area contributed by atoms with Gasteiger partial charge >= 0.3 is 0 Å². The van der Waals surface area contributed by atoms with Gasteiger partial charge in [0.2, 0.25) is 11.8 Å². The van der Waals surface area contributed by atoms with Gasteiger partial charge in [-0.25, -0.2) is 0 Å². The summed E-state index contributed by atoms with van der Waals surface area (Å²) in [7, 11) is 3.11. The van der Waals surface area contributed by atoms with Crippen molar-refractivity contribution in [2.45, 2.75) is 12.8 Å². The topological polar surface area (TPSA) is 80.8 Å². The summed E-state index contributed by atoms with van der Waals surface area (Å²) in [6, 6.07) is 11.0. The normalized spacial score (nSPS) is 16.3. The van der Waals surface area contributed by atoms with Crippen molar-refractivity contribution in [3.05, 3.63) is 48.3 Å². The highest BCUT2D eigenvalue weighted by molar-refractivity contribution is 6.01. The number of anilines is 1. The predicted molar refractivity (Wildman–Crippen MR) is 101 cm³/mol. The molecule has 142 valence electrons. The number of nitrogens with zero attached hydrogens (tertiary/aromatic N) is 2. The molecule has 1 aliphatic heterocycles. The summed E-state index contributed by atoms with van der Waals surface area (Å²) >= 11 is 0. The molecule has 0 saturated carbocycles. The van der Waals surface area contributed by atoms with E-state index < -0.39 is 0 Å². The minimum atomic E-state index is -0.381. The molecule has 0 aliphatic carbocycles. The van der Waals surface area contributed by atoms with Crippen molar-refractivity contribution in [2.24, 2.45) is 5.92 Å². The lowest BCUT2D eigenvalue weighted by Gasteiger charge is -2.20. The summed E-state index contributed by atoms with van der Waals surface area (Å²) in [6.45, 7) is 0.823. The van der Waals surface area contributed by atoms with Crippen LogP contribution >= 0.6 is 0 Å². The molecule has 1 aliphatic rings. The number of amides is 2. The Balaban J connectivity index is 1.60. The summed E-state index contributed by atoms with van der Waals surface area (Å²) in [4.78, 5) is 30.7. The average Bonchev–Trinajstić information content (AvgIpc) is 3.09. The minimum Gasteiger partial charge on any atom is -0.497 e. The first kappa shape index (κ1) is 18.7. The molecule has 1 fully saturated rings. The van der Waals surface area contributed by atoms with E-state index in [1.54, 1.807) is 43.5 Å². The van der Waals surface area contributed by atoms with Gasteiger partial charge in [-0.3, -0.25) is 14.6 Å². The highest BCUT2D eigenvalue weighted by Crippen LogP contribution is 2.35. The highest BCUT2D eigenvalue weighted by atomic mass is 16.5. The number of benzene rings is 1. The fourth-order valence-corrected chi connectivity index (χ4v) is 3.13. The van der Waals surface area contributed by atoms with Gasteiger partial charge in [0.25, 0.3) is 0 Å². The Kier molecular flexibility index (Phi) is 5.90. The number of hydrogen-bond donors (Lipinski definition) is 1. The van der Waals surface area contributed by atoms with E-state index >= 15 is 0 Å². The Morgan fingerprint density at radius 2 is 2.11 bits per heavy atom. The first-order valence-corrected chi connectivity index (χ1v) is 8.82. The van der Waals surface area contributed by atoms with Gasteiger partial charge in [-0.05, 0) is 24.3 Å². The monoisotopic (exact) mass is 369 g/mol. The molecule has 1 N–H and O–H groups in total. The summed E-state index contributed by atoms with van der Waals surface area (Å²) in [6.07, 6.45) is 2.57. The number of ether oxygens (including phenoxy) is 2. The van der Waals surface area contributed by atoms with Crippen molar-refractivity contribution in [2.75, 3.05) is 32.2 Å². The molecule has 2 amide bonds. The van der Waals surface area contributed by atoms with Crippen LogP contribution in [0.3, 0.4) is 0 Å². The van der Waals surface area contributed by atoms with Gasteiger partial charge in [0.15, 0.2) is 0 Å². The van der Waals surface area contributed by atoms with E-state index in [4.69, 9.17) is 9.47 Å². The van der Waals surface area contributed by atoms with Gasteiger partial charge in [-0.1, -0.05) is 6.07 Å². The van der Waals surface area contributed by atoms with Crippen molar-refractivity contribution in [1.29, 1.82) is 0 Å². The van der Waals surface area contributed by atoms with Crippen LogP contribution in [0.25, 0.3) is 0 Å². The van der Waals surface area contributed by atoms with Crippen LogP contribution < -0.4 is 19.7 Å². The van der Waals surface area contributed by atoms with Crippen LogP contribution in [0.1, 0.15) is 12.1 Å². The second-order valence-electron chi connectivity index (χ2n) is 6.31. The summed E-state index contributed by atoms with van der Waals surface area (Å²) in [5, 5.41) is 2.90. The van der Waals surface area contributed by atoms with Gasteiger partial charge in [0, 0.05) is 43.9 Å². The second kappa shape index (κ2) is 8.53.